The van der Waals surface area contributed by atoms with E-state index in [1.54, 1.807) is 0 Å². The zero-order chi connectivity index (χ0) is 11.6. The smallest absolute Gasteiger partial charge is 0.244 e. The average molecular weight is 220 g/mol. The van der Waals surface area contributed by atoms with Crippen molar-refractivity contribution < 1.29 is 9.53 Å². The van der Waals surface area contributed by atoms with Crippen molar-refractivity contribution in [1.82, 2.24) is 5.32 Å². The lowest BCUT2D eigenvalue weighted by Gasteiger charge is -2.36. The zero-order valence-corrected chi connectivity index (χ0v) is 9.32. The van der Waals surface area contributed by atoms with Crippen molar-refractivity contribution in [3.05, 3.63) is 35.4 Å². The highest BCUT2D eigenvalue weighted by Gasteiger charge is 2.41. The largest absolute Gasteiger partial charge is 0.374 e. The summed E-state index contributed by atoms with van der Waals surface area (Å²) in [5, 5.41) is 3.15. The number of primary amides is 1. The number of benzene rings is 1. The van der Waals surface area contributed by atoms with E-state index < -0.39 is 5.54 Å². The first-order valence-electron chi connectivity index (χ1n) is 5.42. The van der Waals surface area contributed by atoms with Crippen LogP contribution in [-0.4, -0.2) is 19.1 Å². The molecule has 1 atom stereocenters. The molecule has 0 bridgehead atoms. The lowest BCUT2D eigenvalue weighted by atomic mass is 9.84. The number of nitrogens with two attached hydrogens (primary N) is 1. The molecule has 86 valence electrons. The summed E-state index contributed by atoms with van der Waals surface area (Å²) in [6.07, 6.45) is 0. The van der Waals surface area contributed by atoms with E-state index in [2.05, 4.69) is 5.32 Å². The van der Waals surface area contributed by atoms with E-state index in [1.165, 1.54) is 0 Å². The first-order chi connectivity index (χ1) is 7.70. The van der Waals surface area contributed by atoms with Crippen molar-refractivity contribution in [2.75, 3.05) is 13.2 Å². The highest BCUT2D eigenvalue weighted by Crippen LogP contribution is 2.30. The van der Waals surface area contributed by atoms with Crippen LogP contribution in [0.2, 0.25) is 0 Å². The van der Waals surface area contributed by atoms with Crippen molar-refractivity contribution in [3.8, 4) is 0 Å². The number of nitrogens with one attached hydrogen (secondary N) is 1. The van der Waals surface area contributed by atoms with Gasteiger partial charge in [-0.2, -0.15) is 0 Å². The van der Waals surface area contributed by atoms with Crippen molar-refractivity contribution in [1.29, 1.82) is 0 Å². The Labute approximate surface area is 94.8 Å². The zero-order valence-electron chi connectivity index (χ0n) is 9.32. The maximum absolute atomic E-state index is 11.7. The molecule has 0 radical (unpaired) electrons. The third-order valence-corrected chi connectivity index (χ3v) is 2.95. The van der Waals surface area contributed by atoms with E-state index in [0.29, 0.717) is 19.8 Å². The number of amides is 1. The second-order valence-corrected chi connectivity index (χ2v) is 3.95. The summed E-state index contributed by atoms with van der Waals surface area (Å²) in [6.45, 7) is 3.45. The Hall–Kier alpha value is -1.39. The summed E-state index contributed by atoms with van der Waals surface area (Å²) in [6, 6.07) is 7.75. The molecule has 1 aliphatic rings. The summed E-state index contributed by atoms with van der Waals surface area (Å²) in [4.78, 5) is 11.7. The van der Waals surface area contributed by atoms with Crippen molar-refractivity contribution in [2.45, 2.75) is 19.1 Å². The molecule has 3 N–H and O–H groups in total. The fourth-order valence-corrected chi connectivity index (χ4v) is 2.19. The molecule has 0 aromatic heterocycles. The van der Waals surface area contributed by atoms with Crippen LogP contribution in [0.1, 0.15) is 18.1 Å². The number of ether oxygens (including phenoxy) is 1. The summed E-state index contributed by atoms with van der Waals surface area (Å²) < 4.78 is 5.46. The molecule has 2 rings (SSSR count). The molecule has 0 fully saturated rings. The Kier molecular flexibility index (Phi) is 2.94. The Bertz CT molecular complexity index is 406. The van der Waals surface area contributed by atoms with E-state index in [-0.39, 0.29) is 5.91 Å². The fraction of sp³-hybridized carbons (Fsp3) is 0.417. The average Bonchev–Trinajstić information content (AvgIpc) is 2.29. The van der Waals surface area contributed by atoms with Crippen molar-refractivity contribution in [3.63, 3.8) is 0 Å². The Morgan fingerprint density at radius 2 is 2.31 bits per heavy atom. The third-order valence-electron chi connectivity index (χ3n) is 2.95. The maximum atomic E-state index is 11.7. The topological polar surface area (TPSA) is 64.3 Å². The van der Waals surface area contributed by atoms with E-state index in [0.717, 1.165) is 11.1 Å². The van der Waals surface area contributed by atoms with Gasteiger partial charge in [0, 0.05) is 0 Å². The predicted octanol–water partition coefficient (Wildman–Crippen LogP) is 0.507. The highest BCUT2D eigenvalue weighted by atomic mass is 16.5. The minimum absolute atomic E-state index is 0.299. The summed E-state index contributed by atoms with van der Waals surface area (Å²) >= 11 is 0. The van der Waals surface area contributed by atoms with Crippen molar-refractivity contribution >= 4 is 5.91 Å². The molecule has 1 heterocycles. The minimum Gasteiger partial charge on any atom is -0.374 e. The van der Waals surface area contributed by atoms with Crippen LogP contribution in [0, 0.1) is 0 Å². The first kappa shape index (κ1) is 11.1. The lowest BCUT2D eigenvalue weighted by molar-refractivity contribution is -0.129. The van der Waals surface area contributed by atoms with Crippen molar-refractivity contribution in [2.24, 2.45) is 5.73 Å². The van der Waals surface area contributed by atoms with Crippen LogP contribution in [0.15, 0.2) is 24.3 Å². The van der Waals surface area contributed by atoms with Gasteiger partial charge in [-0.25, -0.2) is 0 Å². The summed E-state index contributed by atoms with van der Waals surface area (Å²) in [5.41, 5.74) is 6.61. The number of hydrogen-bond acceptors (Lipinski definition) is 3. The molecule has 0 aliphatic carbocycles. The van der Waals surface area contributed by atoms with Gasteiger partial charge in [0.1, 0.15) is 5.54 Å². The number of likely N-dealkylation sites (N-methyl/N-ethyl adjacent to an activating group) is 1. The summed E-state index contributed by atoms with van der Waals surface area (Å²) in [7, 11) is 0. The third kappa shape index (κ3) is 1.60. The van der Waals surface area contributed by atoms with E-state index in [1.807, 2.05) is 31.2 Å². The van der Waals surface area contributed by atoms with Crippen LogP contribution >= 0.6 is 0 Å². The van der Waals surface area contributed by atoms with Gasteiger partial charge in [0.15, 0.2) is 0 Å². The van der Waals surface area contributed by atoms with Gasteiger partial charge in [0.25, 0.3) is 0 Å². The van der Waals surface area contributed by atoms with Crippen LogP contribution in [0.3, 0.4) is 0 Å². The molecule has 1 aromatic rings. The number of carbonyl (C=O) groups excluding carboxylic acids is 1. The Morgan fingerprint density at radius 1 is 1.56 bits per heavy atom. The molecule has 0 spiro atoms. The molecule has 1 unspecified atom stereocenters. The van der Waals surface area contributed by atoms with Crippen LogP contribution in [0.5, 0.6) is 0 Å². The van der Waals surface area contributed by atoms with Crippen LogP contribution in [0.4, 0.5) is 0 Å². The van der Waals surface area contributed by atoms with E-state index in [4.69, 9.17) is 10.5 Å². The normalized spacial score (nSPS) is 23.8. The molecule has 0 saturated heterocycles. The van der Waals surface area contributed by atoms with Gasteiger partial charge in [-0.15, -0.1) is 0 Å². The minimum atomic E-state index is -0.871. The van der Waals surface area contributed by atoms with Gasteiger partial charge in [0.05, 0.1) is 13.2 Å². The van der Waals surface area contributed by atoms with E-state index >= 15 is 0 Å². The number of rotatable bonds is 3. The highest BCUT2D eigenvalue weighted by molar-refractivity contribution is 5.87. The molecule has 4 heteroatoms. The predicted molar refractivity (Wildman–Crippen MR) is 60.6 cm³/mol. The number of hydrogen-bond donors (Lipinski definition) is 2. The van der Waals surface area contributed by atoms with Gasteiger partial charge in [-0.1, -0.05) is 31.2 Å². The molecule has 1 aromatic carbocycles. The van der Waals surface area contributed by atoms with Crippen LogP contribution in [-0.2, 0) is 21.7 Å². The Balaban J connectivity index is 2.52. The molecular formula is C12H16N2O2. The Morgan fingerprint density at radius 3 is 3.00 bits per heavy atom. The standard InChI is InChI=1S/C12H16N2O2/c1-2-14-12(11(13)15)8-16-7-9-5-3-4-6-10(9)12/h3-6,14H,2,7-8H2,1H3,(H2,13,15). The molecular weight excluding hydrogens is 204 g/mol. The second-order valence-electron chi connectivity index (χ2n) is 3.95. The van der Waals surface area contributed by atoms with Crippen LogP contribution < -0.4 is 11.1 Å². The fourth-order valence-electron chi connectivity index (χ4n) is 2.19. The lowest BCUT2D eigenvalue weighted by Crippen LogP contribution is -2.57. The van der Waals surface area contributed by atoms with E-state index in [9.17, 15) is 4.79 Å². The molecule has 1 aliphatic heterocycles. The maximum Gasteiger partial charge on any atom is 0.244 e. The molecule has 16 heavy (non-hydrogen) atoms. The number of carbonyl (C=O) groups is 1. The second kappa shape index (κ2) is 4.23. The quantitative estimate of drug-likeness (QED) is 0.780. The van der Waals surface area contributed by atoms with Gasteiger partial charge < -0.3 is 10.5 Å². The van der Waals surface area contributed by atoms with Gasteiger partial charge in [0.2, 0.25) is 5.91 Å². The monoisotopic (exact) mass is 220 g/mol. The summed E-state index contributed by atoms with van der Waals surface area (Å²) in [5.74, 6) is -0.387. The molecule has 0 saturated carbocycles. The van der Waals surface area contributed by atoms with Gasteiger partial charge in [-0.05, 0) is 17.7 Å². The molecule has 4 nitrogen and oxygen atoms in total. The number of fused-ring (bicyclic) bond motifs is 1. The first-order valence-corrected chi connectivity index (χ1v) is 5.42. The SMILES string of the molecule is CCNC1(C(N)=O)COCc2ccccc21. The van der Waals surface area contributed by atoms with Gasteiger partial charge in [-0.3, -0.25) is 10.1 Å². The molecule has 1 amide bonds. The van der Waals surface area contributed by atoms with Crippen LogP contribution in [0.25, 0.3) is 0 Å². The van der Waals surface area contributed by atoms with Gasteiger partial charge >= 0.3 is 0 Å².